The fourth-order valence-corrected chi connectivity index (χ4v) is 3.48. The maximum Gasteiger partial charge on any atom is 0.192 e. The van der Waals surface area contributed by atoms with E-state index in [1.807, 2.05) is 26.0 Å². The molecule has 0 bridgehead atoms. The Kier molecular flexibility index (Phi) is 3.73. The second-order valence-corrected chi connectivity index (χ2v) is 6.60. The lowest BCUT2D eigenvalue weighted by Crippen LogP contribution is -2.32. The van der Waals surface area contributed by atoms with Crippen LogP contribution in [0.15, 0.2) is 36.4 Å². The van der Waals surface area contributed by atoms with Crippen LogP contribution in [0.2, 0.25) is 0 Å². The van der Waals surface area contributed by atoms with Gasteiger partial charge in [0.1, 0.15) is 0 Å². The Hall–Kier alpha value is -1.81. The van der Waals surface area contributed by atoms with Crippen molar-refractivity contribution >= 4 is 27.5 Å². The average Bonchev–Trinajstić information content (AvgIpc) is 2.77. The standard InChI is InChI=1S/C18H16BrNO2/c1-3-12-9-11(10-13(4-2)20-12)18(19)16(21)14-7-5-6-8-15(14)17(18)22/h5-10H,3-4H2,1-2H3. The number of alkyl halides is 1. The third-order valence-electron chi connectivity index (χ3n) is 4.10. The van der Waals surface area contributed by atoms with Gasteiger partial charge < -0.3 is 0 Å². The molecule has 1 aliphatic carbocycles. The fourth-order valence-electron chi connectivity index (χ4n) is 2.83. The monoisotopic (exact) mass is 357 g/mol. The zero-order chi connectivity index (χ0) is 15.9. The number of carbonyl (C=O) groups excluding carboxylic acids is 2. The highest BCUT2D eigenvalue weighted by molar-refractivity contribution is 9.10. The van der Waals surface area contributed by atoms with E-state index in [9.17, 15) is 9.59 Å². The first-order valence-corrected chi connectivity index (χ1v) is 8.19. The molecular weight excluding hydrogens is 342 g/mol. The van der Waals surface area contributed by atoms with Crippen molar-refractivity contribution in [1.29, 1.82) is 0 Å². The van der Waals surface area contributed by atoms with Gasteiger partial charge in [0.25, 0.3) is 0 Å². The van der Waals surface area contributed by atoms with E-state index in [0.717, 1.165) is 24.2 Å². The number of nitrogens with zero attached hydrogens (tertiary/aromatic N) is 1. The maximum absolute atomic E-state index is 12.8. The zero-order valence-corrected chi connectivity index (χ0v) is 14.1. The lowest BCUT2D eigenvalue weighted by atomic mass is 9.92. The Balaban J connectivity index is 2.20. The van der Waals surface area contributed by atoms with Crippen molar-refractivity contribution in [2.75, 3.05) is 0 Å². The normalized spacial score (nSPS) is 16.0. The van der Waals surface area contributed by atoms with Crippen molar-refractivity contribution in [3.8, 4) is 0 Å². The van der Waals surface area contributed by atoms with Crippen molar-refractivity contribution in [2.24, 2.45) is 0 Å². The summed E-state index contributed by atoms with van der Waals surface area (Å²) < 4.78 is -1.31. The van der Waals surface area contributed by atoms with E-state index in [4.69, 9.17) is 0 Å². The van der Waals surface area contributed by atoms with E-state index in [2.05, 4.69) is 20.9 Å². The molecule has 0 amide bonds. The Morgan fingerprint density at radius 3 is 1.82 bits per heavy atom. The van der Waals surface area contributed by atoms with Crippen molar-refractivity contribution in [3.63, 3.8) is 0 Å². The third kappa shape index (κ3) is 2.05. The number of aryl methyl sites for hydroxylation is 2. The minimum atomic E-state index is -1.31. The first-order valence-electron chi connectivity index (χ1n) is 7.40. The van der Waals surface area contributed by atoms with Crippen LogP contribution < -0.4 is 0 Å². The second-order valence-electron chi connectivity index (χ2n) is 5.41. The molecule has 1 aromatic carbocycles. The van der Waals surface area contributed by atoms with Gasteiger partial charge in [-0.3, -0.25) is 14.6 Å². The predicted octanol–water partition coefficient (Wildman–Crippen LogP) is 3.88. The second kappa shape index (κ2) is 5.43. The van der Waals surface area contributed by atoms with Crippen LogP contribution in [0.1, 0.15) is 51.5 Å². The molecule has 2 aromatic rings. The summed E-state index contributed by atoms with van der Waals surface area (Å²) >= 11 is 3.47. The van der Waals surface area contributed by atoms with Gasteiger partial charge in [0.15, 0.2) is 15.9 Å². The van der Waals surface area contributed by atoms with Crippen LogP contribution in [0.4, 0.5) is 0 Å². The van der Waals surface area contributed by atoms with Crippen LogP contribution >= 0.6 is 15.9 Å². The van der Waals surface area contributed by atoms with E-state index < -0.39 is 4.32 Å². The zero-order valence-electron chi connectivity index (χ0n) is 12.5. The number of pyridine rings is 1. The van der Waals surface area contributed by atoms with E-state index in [-0.39, 0.29) is 11.6 Å². The van der Waals surface area contributed by atoms with Gasteiger partial charge in [-0.2, -0.15) is 0 Å². The van der Waals surface area contributed by atoms with E-state index in [1.54, 1.807) is 24.3 Å². The van der Waals surface area contributed by atoms with Gasteiger partial charge in [-0.15, -0.1) is 0 Å². The van der Waals surface area contributed by atoms with E-state index in [1.165, 1.54) is 0 Å². The summed E-state index contributed by atoms with van der Waals surface area (Å²) in [6, 6.07) is 10.7. The molecule has 1 heterocycles. The molecule has 0 radical (unpaired) electrons. The first kappa shape index (κ1) is 15.1. The fraction of sp³-hybridized carbons (Fsp3) is 0.278. The van der Waals surface area contributed by atoms with Crippen LogP contribution in [0.3, 0.4) is 0 Å². The topological polar surface area (TPSA) is 47.0 Å². The highest BCUT2D eigenvalue weighted by Crippen LogP contribution is 2.44. The number of Topliss-reactive ketones (excluding diaryl/α,β-unsaturated/α-hetero) is 2. The Labute approximate surface area is 137 Å². The lowest BCUT2D eigenvalue weighted by Gasteiger charge is -2.20. The SMILES string of the molecule is CCc1cc(C2(Br)C(=O)c3ccccc3C2=O)cc(CC)n1. The molecule has 112 valence electrons. The Bertz CT molecular complexity index is 725. The first-order chi connectivity index (χ1) is 10.5. The molecule has 0 saturated heterocycles. The number of rotatable bonds is 3. The number of ketones is 2. The number of hydrogen-bond acceptors (Lipinski definition) is 3. The molecule has 3 rings (SSSR count). The van der Waals surface area contributed by atoms with Gasteiger partial charge in [-0.05, 0) is 30.5 Å². The molecule has 0 unspecified atom stereocenters. The summed E-state index contributed by atoms with van der Waals surface area (Å²) in [5.74, 6) is -0.383. The average molecular weight is 358 g/mol. The van der Waals surface area contributed by atoms with Gasteiger partial charge >= 0.3 is 0 Å². The molecule has 3 nitrogen and oxygen atoms in total. The summed E-state index contributed by atoms with van der Waals surface area (Å²) in [7, 11) is 0. The molecule has 0 saturated carbocycles. The summed E-state index contributed by atoms with van der Waals surface area (Å²) in [6.45, 7) is 4.03. The summed E-state index contributed by atoms with van der Waals surface area (Å²) in [5, 5.41) is 0. The minimum Gasteiger partial charge on any atom is -0.292 e. The molecule has 0 aliphatic heterocycles. The quantitative estimate of drug-likeness (QED) is 0.618. The molecule has 0 spiro atoms. The third-order valence-corrected chi connectivity index (χ3v) is 5.27. The summed E-state index contributed by atoms with van der Waals surface area (Å²) in [4.78, 5) is 30.2. The molecule has 4 heteroatoms. The molecule has 1 aromatic heterocycles. The number of benzene rings is 1. The highest BCUT2D eigenvalue weighted by Gasteiger charge is 2.52. The molecule has 0 N–H and O–H groups in total. The van der Waals surface area contributed by atoms with Crippen LogP contribution in [-0.2, 0) is 17.2 Å². The Morgan fingerprint density at radius 1 is 0.955 bits per heavy atom. The van der Waals surface area contributed by atoms with Crippen molar-refractivity contribution in [2.45, 2.75) is 31.0 Å². The van der Waals surface area contributed by atoms with Crippen LogP contribution in [-0.4, -0.2) is 16.6 Å². The van der Waals surface area contributed by atoms with Crippen LogP contribution in [0.5, 0.6) is 0 Å². The van der Waals surface area contributed by atoms with Gasteiger partial charge in [0.2, 0.25) is 0 Å². The maximum atomic E-state index is 12.8. The summed E-state index contributed by atoms with van der Waals surface area (Å²) in [5.41, 5.74) is 3.44. The number of aromatic nitrogens is 1. The van der Waals surface area contributed by atoms with Crippen molar-refractivity contribution in [3.05, 3.63) is 64.5 Å². The van der Waals surface area contributed by atoms with Gasteiger partial charge in [0.05, 0.1) is 0 Å². The largest absolute Gasteiger partial charge is 0.292 e. The van der Waals surface area contributed by atoms with Gasteiger partial charge in [-0.25, -0.2) is 0 Å². The predicted molar refractivity (Wildman–Crippen MR) is 88.7 cm³/mol. The molecule has 1 aliphatic rings. The van der Waals surface area contributed by atoms with Crippen LogP contribution in [0, 0.1) is 0 Å². The number of halogens is 1. The van der Waals surface area contributed by atoms with Crippen LogP contribution in [0.25, 0.3) is 0 Å². The van der Waals surface area contributed by atoms with E-state index >= 15 is 0 Å². The number of hydrogen-bond donors (Lipinski definition) is 0. The summed E-state index contributed by atoms with van der Waals surface area (Å²) in [6.07, 6.45) is 1.53. The van der Waals surface area contributed by atoms with Gasteiger partial charge in [0, 0.05) is 22.5 Å². The highest BCUT2D eigenvalue weighted by atomic mass is 79.9. The lowest BCUT2D eigenvalue weighted by molar-refractivity contribution is 0.0871. The van der Waals surface area contributed by atoms with Crippen molar-refractivity contribution < 1.29 is 9.59 Å². The number of fused-ring (bicyclic) bond motifs is 1. The van der Waals surface area contributed by atoms with Gasteiger partial charge in [-0.1, -0.05) is 54.0 Å². The van der Waals surface area contributed by atoms with Crippen molar-refractivity contribution in [1.82, 2.24) is 4.98 Å². The molecule has 0 fully saturated rings. The smallest absolute Gasteiger partial charge is 0.192 e. The molecule has 0 atom stereocenters. The molecular formula is C18H16BrNO2. The minimum absolute atomic E-state index is 0.191. The molecule has 22 heavy (non-hydrogen) atoms. The Morgan fingerprint density at radius 2 is 1.41 bits per heavy atom. The van der Waals surface area contributed by atoms with E-state index in [0.29, 0.717) is 16.7 Å². The number of carbonyl (C=O) groups is 2.